The number of hydrogen-bond donors (Lipinski definition) is 1. The summed E-state index contributed by atoms with van der Waals surface area (Å²) in [4.78, 5) is 13.6. The third-order valence-corrected chi connectivity index (χ3v) is 3.11. The number of esters is 1. The molecule has 5 nitrogen and oxygen atoms in total. The molecule has 19 heavy (non-hydrogen) atoms. The molecule has 0 bridgehead atoms. The lowest BCUT2D eigenvalue weighted by atomic mass is 10.1. The highest BCUT2D eigenvalue weighted by Gasteiger charge is 2.19. The van der Waals surface area contributed by atoms with Crippen molar-refractivity contribution in [1.29, 1.82) is 0 Å². The van der Waals surface area contributed by atoms with Crippen LogP contribution in [-0.2, 0) is 16.1 Å². The fourth-order valence-electron chi connectivity index (χ4n) is 2.14. The number of benzene rings is 1. The standard InChI is InChI=1S/C14H20N2O3/c1-2-18-14(17)5-6-16-7-8-19-13-9-11(10-15)3-4-12(13)16/h3-4,9H,2,5-8,10,15H2,1H3. The van der Waals surface area contributed by atoms with Gasteiger partial charge in [0.05, 0.1) is 25.3 Å². The van der Waals surface area contributed by atoms with Crippen LogP contribution in [0.4, 0.5) is 5.69 Å². The number of hydrogen-bond acceptors (Lipinski definition) is 5. The Kier molecular flexibility index (Phi) is 4.63. The molecule has 1 aliphatic heterocycles. The molecule has 1 heterocycles. The van der Waals surface area contributed by atoms with Crippen molar-refractivity contribution in [3.63, 3.8) is 0 Å². The maximum absolute atomic E-state index is 11.4. The van der Waals surface area contributed by atoms with E-state index in [9.17, 15) is 4.79 Å². The molecule has 0 radical (unpaired) electrons. The Morgan fingerprint density at radius 1 is 1.53 bits per heavy atom. The Balaban J connectivity index is 2.03. The lowest BCUT2D eigenvalue weighted by molar-refractivity contribution is -0.142. The molecule has 0 spiro atoms. The molecule has 0 atom stereocenters. The Morgan fingerprint density at radius 3 is 3.11 bits per heavy atom. The summed E-state index contributed by atoms with van der Waals surface area (Å²) in [7, 11) is 0. The minimum Gasteiger partial charge on any atom is -0.490 e. The van der Waals surface area contributed by atoms with E-state index in [0.29, 0.717) is 32.7 Å². The highest BCUT2D eigenvalue weighted by Crippen LogP contribution is 2.32. The van der Waals surface area contributed by atoms with E-state index in [2.05, 4.69) is 4.90 Å². The topological polar surface area (TPSA) is 64.8 Å². The summed E-state index contributed by atoms with van der Waals surface area (Å²) in [6, 6.07) is 5.96. The van der Waals surface area contributed by atoms with Crippen molar-refractivity contribution in [3.8, 4) is 5.75 Å². The van der Waals surface area contributed by atoms with Crippen molar-refractivity contribution in [3.05, 3.63) is 23.8 Å². The zero-order valence-corrected chi connectivity index (χ0v) is 11.2. The lowest BCUT2D eigenvalue weighted by Gasteiger charge is -2.31. The predicted molar refractivity (Wildman–Crippen MR) is 73.3 cm³/mol. The fraction of sp³-hybridized carbons (Fsp3) is 0.500. The lowest BCUT2D eigenvalue weighted by Crippen LogP contribution is -2.34. The molecule has 0 unspecified atom stereocenters. The molecule has 104 valence electrons. The Hall–Kier alpha value is -1.75. The Labute approximate surface area is 113 Å². The summed E-state index contributed by atoms with van der Waals surface area (Å²) < 4.78 is 10.6. The van der Waals surface area contributed by atoms with Gasteiger partial charge in [0.2, 0.25) is 0 Å². The minimum atomic E-state index is -0.158. The Bertz CT molecular complexity index is 448. The molecule has 1 aromatic rings. The monoisotopic (exact) mass is 264 g/mol. The molecule has 2 rings (SSSR count). The summed E-state index contributed by atoms with van der Waals surface area (Å²) in [6.07, 6.45) is 0.395. The van der Waals surface area contributed by atoms with Gasteiger partial charge in [0, 0.05) is 13.1 Å². The van der Waals surface area contributed by atoms with Crippen LogP contribution in [0, 0.1) is 0 Å². The van der Waals surface area contributed by atoms with Crippen LogP contribution in [0.2, 0.25) is 0 Å². The fourth-order valence-corrected chi connectivity index (χ4v) is 2.14. The molecule has 5 heteroatoms. The summed E-state index contributed by atoms with van der Waals surface area (Å²) >= 11 is 0. The first-order valence-electron chi connectivity index (χ1n) is 6.61. The number of ether oxygens (including phenoxy) is 2. The summed E-state index contributed by atoms with van der Waals surface area (Å²) in [5.74, 6) is 0.687. The smallest absolute Gasteiger partial charge is 0.307 e. The van der Waals surface area contributed by atoms with Gasteiger partial charge in [-0.3, -0.25) is 4.79 Å². The second-order valence-corrected chi connectivity index (χ2v) is 4.40. The van der Waals surface area contributed by atoms with Crippen LogP contribution in [0.15, 0.2) is 18.2 Å². The quantitative estimate of drug-likeness (QED) is 0.812. The molecule has 0 fully saturated rings. The van der Waals surface area contributed by atoms with Gasteiger partial charge in [0.15, 0.2) is 0 Å². The molecule has 0 amide bonds. The van der Waals surface area contributed by atoms with Crippen molar-refractivity contribution >= 4 is 11.7 Å². The molecular weight excluding hydrogens is 244 g/mol. The van der Waals surface area contributed by atoms with Crippen LogP contribution in [0.5, 0.6) is 5.75 Å². The van der Waals surface area contributed by atoms with Crippen molar-refractivity contribution < 1.29 is 14.3 Å². The number of carbonyl (C=O) groups excluding carboxylic acids is 1. The molecular formula is C14H20N2O3. The molecule has 1 aromatic carbocycles. The average Bonchev–Trinajstić information content (AvgIpc) is 2.44. The van der Waals surface area contributed by atoms with E-state index in [1.165, 1.54) is 0 Å². The minimum absolute atomic E-state index is 0.158. The van der Waals surface area contributed by atoms with Gasteiger partial charge in [-0.25, -0.2) is 0 Å². The van der Waals surface area contributed by atoms with Gasteiger partial charge < -0.3 is 20.1 Å². The van der Waals surface area contributed by atoms with E-state index in [-0.39, 0.29) is 5.97 Å². The SMILES string of the molecule is CCOC(=O)CCN1CCOc2cc(CN)ccc21. The molecule has 0 saturated carbocycles. The van der Waals surface area contributed by atoms with Crippen LogP contribution < -0.4 is 15.4 Å². The van der Waals surface area contributed by atoms with Gasteiger partial charge in [-0.05, 0) is 24.6 Å². The first kappa shape index (κ1) is 13.7. The van der Waals surface area contributed by atoms with Gasteiger partial charge in [-0.15, -0.1) is 0 Å². The second kappa shape index (κ2) is 6.43. The highest BCUT2D eigenvalue weighted by molar-refractivity contribution is 5.71. The zero-order valence-electron chi connectivity index (χ0n) is 11.2. The molecule has 0 saturated heterocycles. The van der Waals surface area contributed by atoms with Crippen LogP contribution in [0.3, 0.4) is 0 Å². The van der Waals surface area contributed by atoms with Gasteiger partial charge in [0.25, 0.3) is 0 Å². The Morgan fingerprint density at radius 2 is 2.37 bits per heavy atom. The van der Waals surface area contributed by atoms with Gasteiger partial charge >= 0.3 is 5.97 Å². The third kappa shape index (κ3) is 3.38. The number of rotatable bonds is 5. The van der Waals surface area contributed by atoms with E-state index < -0.39 is 0 Å². The van der Waals surface area contributed by atoms with Gasteiger partial charge in [0.1, 0.15) is 12.4 Å². The molecule has 0 aromatic heterocycles. The molecule has 0 aliphatic carbocycles. The van der Waals surface area contributed by atoms with Crippen molar-refractivity contribution in [1.82, 2.24) is 0 Å². The van der Waals surface area contributed by atoms with Crippen molar-refractivity contribution in [2.45, 2.75) is 19.9 Å². The number of nitrogens with two attached hydrogens (primary N) is 1. The molecule has 2 N–H and O–H groups in total. The number of nitrogens with zero attached hydrogens (tertiary/aromatic N) is 1. The highest BCUT2D eigenvalue weighted by atomic mass is 16.5. The second-order valence-electron chi connectivity index (χ2n) is 4.40. The van der Waals surface area contributed by atoms with E-state index in [0.717, 1.165) is 23.5 Å². The summed E-state index contributed by atoms with van der Waals surface area (Å²) in [5, 5.41) is 0. The van der Waals surface area contributed by atoms with Crippen molar-refractivity contribution in [2.75, 3.05) is 31.2 Å². The number of carbonyl (C=O) groups is 1. The van der Waals surface area contributed by atoms with E-state index >= 15 is 0 Å². The first-order valence-corrected chi connectivity index (χ1v) is 6.61. The van der Waals surface area contributed by atoms with Crippen molar-refractivity contribution in [2.24, 2.45) is 5.73 Å². The van der Waals surface area contributed by atoms with E-state index in [4.69, 9.17) is 15.2 Å². The first-order chi connectivity index (χ1) is 9.24. The third-order valence-electron chi connectivity index (χ3n) is 3.11. The average molecular weight is 264 g/mol. The predicted octanol–water partition coefficient (Wildman–Crippen LogP) is 1.30. The zero-order chi connectivity index (χ0) is 13.7. The van der Waals surface area contributed by atoms with Crippen LogP contribution >= 0.6 is 0 Å². The van der Waals surface area contributed by atoms with E-state index in [1.54, 1.807) is 0 Å². The number of anilines is 1. The maximum Gasteiger partial charge on any atom is 0.307 e. The van der Waals surface area contributed by atoms with Crippen LogP contribution in [-0.4, -0.2) is 32.3 Å². The van der Waals surface area contributed by atoms with Gasteiger partial charge in [-0.1, -0.05) is 6.07 Å². The number of fused-ring (bicyclic) bond motifs is 1. The molecule has 1 aliphatic rings. The van der Waals surface area contributed by atoms with Gasteiger partial charge in [-0.2, -0.15) is 0 Å². The normalized spacial score (nSPS) is 13.7. The summed E-state index contributed by atoms with van der Waals surface area (Å²) in [6.45, 7) is 4.81. The van der Waals surface area contributed by atoms with Crippen LogP contribution in [0.1, 0.15) is 18.9 Å². The summed E-state index contributed by atoms with van der Waals surface area (Å²) in [5.41, 5.74) is 7.69. The van der Waals surface area contributed by atoms with E-state index in [1.807, 2.05) is 25.1 Å². The van der Waals surface area contributed by atoms with Crippen LogP contribution in [0.25, 0.3) is 0 Å². The maximum atomic E-state index is 11.4. The largest absolute Gasteiger partial charge is 0.490 e.